The summed E-state index contributed by atoms with van der Waals surface area (Å²) in [5, 5.41) is 0. The smallest absolute Gasteiger partial charge is 0.306 e. The fraction of sp³-hybridized carbons (Fsp3) is 0.909. The average Bonchev–Trinajstić information content (AvgIpc) is 2.48. The van der Waals surface area contributed by atoms with Crippen LogP contribution in [-0.2, 0) is 9.53 Å². The van der Waals surface area contributed by atoms with E-state index in [1.54, 1.807) is 0 Å². The van der Waals surface area contributed by atoms with Crippen LogP contribution < -0.4 is 5.73 Å². The van der Waals surface area contributed by atoms with Gasteiger partial charge in [0.15, 0.2) is 0 Å². The second-order valence-electron chi connectivity index (χ2n) is 4.75. The molecule has 0 aromatic rings. The third-order valence-electron chi connectivity index (χ3n) is 3.58. The number of hydrogen-bond acceptors (Lipinski definition) is 3. The van der Waals surface area contributed by atoms with Crippen LogP contribution >= 0.6 is 0 Å². The molecule has 82 valence electrons. The zero-order valence-corrected chi connectivity index (χ0v) is 9.38. The van der Waals surface area contributed by atoms with Gasteiger partial charge < -0.3 is 10.5 Å². The molecule has 1 aliphatic rings. The van der Waals surface area contributed by atoms with Crippen LogP contribution in [0.5, 0.6) is 0 Å². The standard InChI is InChI=1S/C11H21NO2/c1-8-4-5-11(6-8,9(2)12)7-10(13)14-3/h8-9H,4-7,12H2,1-3H3. The Labute approximate surface area is 86.0 Å². The molecule has 1 saturated carbocycles. The SMILES string of the molecule is COC(=O)CC1(C(C)N)CCC(C)C1. The predicted molar refractivity (Wildman–Crippen MR) is 55.7 cm³/mol. The Morgan fingerprint density at radius 2 is 2.36 bits per heavy atom. The Bertz CT molecular complexity index is 215. The van der Waals surface area contributed by atoms with Crippen LogP contribution in [0.2, 0.25) is 0 Å². The molecule has 0 bridgehead atoms. The van der Waals surface area contributed by atoms with Gasteiger partial charge in [-0.3, -0.25) is 4.79 Å². The van der Waals surface area contributed by atoms with Gasteiger partial charge in [-0.1, -0.05) is 13.3 Å². The van der Waals surface area contributed by atoms with Crippen molar-refractivity contribution < 1.29 is 9.53 Å². The first kappa shape index (κ1) is 11.5. The Balaban J connectivity index is 2.68. The maximum absolute atomic E-state index is 11.3. The van der Waals surface area contributed by atoms with Crippen LogP contribution in [0.25, 0.3) is 0 Å². The molecule has 0 amide bonds. The molecule has 1 fully saturated rings. The van der Waals surface area contributed by atoms with E-state index in [9.17, 15) is 4.79 Å². The summed E-state index contributed by atoms with van der Waals surface area (Å²) in [6.07, 6.45) is 3.77. The van der Waals surface area contributed by atoms with Gasteiger partial charge in [0.05, 0.1) is 13.5 Å². The number of carbonyl (C=O) groups excluding carboxylic acids is 1. The summed E-state index contributed by atoms with van der Waals surface area (Å²) in [5.41, 5.74) is 5.98. The molecule has 0 saturated heterocycles. The van der Waals surface area contributed by atoms with Gasteiger partial charge in [0, 0.05) is 6.04 Å². The maximum Gasteiger partial charge on any atom is 0.306 e. The fourth-order valence-electron chi connectivity index (χ4n) is 2.53. The van der Waals surface area contributed by atoms with E-state index in [1.807, 2.05) is 6.92 Å². The first-order valence-corrected chi connectivity index (χ1v) is 5.32. The summed E-state index contributed by atoms with van der Waals surface area (Å²) in [6, 6.07) is 0.0755. The van der Waals surface area contributed by atoms with Crippen molar-refractivity contribution in [2.45, 2.75) is 45.6 Å². The lowest BCUT2D eigenvalue weighted by Gasteiger charge is -2.32. The minimum atomic E-state index is -0.128. The van der Waals surface area contributed by atoms with Crippen LogP contribution in [0.4, 0.5) is 0 Å². The van der Waals surface area contributed by atoms with E-state index in [1.165, 1.54) is 13.5 Å². The molecule has 0 radical (unpaired) electrons. The largest absolute Gasteiger partial charge is 0.469 e. The van der Waals surface area contributed by atoms with E-state index >= 15 is 0 Å². The van der Waals surface area contributed by atoms with Gasteiger partial charge in [-0.25, -0.2) is 0 Å². The molecule has 3 atom stereocenters. The van der Waals surface area contributed by atoms with Crippen LogP contribution in [0.1, 0.15) is 39.5 Å². The molecule has 2 N–H and O–H groups in total. The number of nitrogens with two attached hydrogens (primary N) is 1. The molecule has 0 aromatic carbocycles. The molecule has 3 heteroatoms. The van der Waals surface area contributed by atoms with E-state index in [-0.39, 0.29) is 17.4 Å². The summed E-state index contributed by atoms with van der Waals surface area (Å²) in [4.78, 5) is 11.3. The lowest BCUT2D eigenvalue weighted by molar-refractivity contribution is -0.143. The molecule has 0 aromatic heterocycles. The number of carbonyl (C=O) groups is 1. The van der Waals surface area contributed by atoms with Gasteiger partial charge in [-0.15, -0.1) is 0 Å². The molecule has 3 unspecified atom stereocenters. The summed E-state index contributed by atoms with van der Waals surface area (Å²) in [7, 11) is 1.44. The highest BCUT2D eigenvalue weighted by Gasteiger charge is 2.42. The lowest BCUT2D eigenvalue weighted by Crippen LogP contribution is -2.39. The highest BCUT2D eigenvalue weighted by molar-refractivity contribution is 5.70. The zero-order chi connectivity index (χ0) is 10.8. The second-order valence-corrected chi connectivity index (χ2v) is 4.75. The number of hydrogen-bond donors (Lipinski definition) is 1. The Morgan fingerprint density at radius 3 is 2.71 bits per heavy atom. The van der Waals surface area contributed by atoms with Crippen molar-refractivity contribution in [2.75, 3.05) is 7.11 Å². The van der Waals surface area contributed by atoms with Gasteiger partial charge in [0.25, 0.3) is 0 Å². The van der Waals surface area contributed by atoms with Crippen LogP contribution in [-0.4, -0.2) is 19.1 Å². The number of methoxy groups -OCH3 is 1. The molecular weight excluding hydrogens is 178 g/mol. The summed E-state index contributed by atoms with van der Waals surface area (Å²) >= 11 is 0. The minimum Gasteiger partial charge on any atom is -0.469 e. The van der Waals surface area contributed by atoms with Gasteiger partial charge in [0.1, 0.15) is 0 Å². The second kappa shape index (κ2) is 4.30. The van der Waals surface area contributed by atoms with Crippen molar-refractivity contribution in [3.63, 3.8) is 0 Å². The Hall–Kier alpha value is -0.570. The molecule has 3 nitrogen and oxygen atoms in total. The van der Waals surface area contributed by atoms with Crippen LogP contribution in [0.3, 0.4) is 0 Å². The Morgan fingerprint density at radius 1 is 1.71 bits per heavy atom. The first-order chi connectivity index (χ1) is 6.50. The van der Waals surface area contributed by atoms with Crippen LogP contribution in [0.15, 0.2) is 0 Å². The highest BCUT2D eigenvalue weighted by Crippen LogP contribution is 2.46. The van der Waals surface area contributed by atoms with Crippen molar-refractivity contribution in [1.82, 2.24) is 0 Å². The molecule has 1 aliphatic carbocycles. The van der Waals surface area contributed by atoms with Crippen LogP contribution in [0, 0.1) is 11.3 Å². The average molecular weight is 199 g/mol. The predicted octanol–water partition coefficient (Wildman–Crippen LogP) is 1.70. The molecule has 0 aliphatic heterocycles. The highest BCUT2D eigenvalue weighted by atomic mass is 16.5. The Kier molecular flexibility index (Phi) is 3.53. The summed E-state index contributed by atoms with van der Waals surface area (Å²) in [6.45, 7) is 4.22. The third-order valence-corrected chi connectivity index (χ3v) is 3.58. The van der Waals surface area contributed by atoms with Gasteiger partial charge in [-0.2, -0.15) is 0 Å². The van der Waals surface area contributed by atoms with Crippen molar-refractivity contribution in [2.24, 2.45) is 17.1 Å². The van der Waals surface area contributed by atoms with Gasteiger partial charge >= 0.3 is 5.97 Å². The van der Waals surface area contributed by atoms with E-state index in [2.05, 4.69) is 6.92 Å². The monoisotopic (exact) mass is 199 g/mol. The topological polar surface area (TPSA) is 52.3 Å². The van der Waals surface area contributed by atoms with E-state index in [0.29, 0.717) is 12.3 Å². The summed E-state index contributed by atoms with van der Waals surface area (Å²) in [5.74, 6) is 0.557. The fourth-order valence-corrected chi connectivity index (χ4v) is 2.53. The normalized spacial score (nSPS) is 34.1. The minimum absolute atomic E-state index is 0.00743. The number of rotatable bonds is 3. The molecule has 14 heavy (non-hydrogen) atoms. The van der Waals surface area contributed by atoms with Gasteiger partial charge in [0.2, 0.25) is 0 Å². The quantitative estimate of drug-likeness (QED) is 0.704. The number of esters is 1. The molecular formula is C11H21NO2. The van der Waals surface area contributed by atoms with E-state index < -0.39 is 0 Å². The molecule has 1 rings (SSSR count). The summed E-state index contributed by atoms with van der Waals surface area (Å²) < 4.78 is 4.73. The number of ether oxygens (including phenoxy) is 1. The maximum atomic E-state index is 11.3. The van der Waals surface area contributed by atoms with Gasteiger partial charge in [-0.05, 0) is 31.1 Å². The van der Waals surface area contributed by atoms with Crippen molar-refractivity contribution in [1.29, 1.82) is 0 Å². The zero-order valence-electron chi connectivity index (χ0n) is 9.38. The van der Waals surface area contributed by atoms with E-state index in [4.69, 9.17) is 10.5 Å². The first-order valence-electron chi connectivity index (χ1n) is 5.32. The van der Waals surface area contributed by atoms with Crippen molar-refractivity contribution >= 4 is 5.97 Å². The molecule has 0 heterocycles. The molecule has 0 spiro atoms. The van der Waals surface area contributed by atoms with Crippen molar-refractivity contribution in [3.8, 4) is 0 Å². The third kappa shape index (κ3) is 2.27. The van der Waals surface area contributed by atoms with Crippen molar-refractivity contribution in [3.05, 3.63) is 0 Å². The van der Waals surface area contributed by atoms with E-state index in [0.717, 1.165) is 12.8 Å². The lowest BCUT2D eigenvalue weighted by atomic mass is 9.76.